The highest BCUT2D eigenvalue weighted by Crippen LogP contribution is 2.52. The quantitative estimate of drug-likeness (QED) is 0.356. The van der Waals surface area contributed by atoms with Gasteiger partial charge in [0.05, 0.1) is 11.4 Å². The lowest BCUT2D eigenvalue weighted by atomic mass is 9.69. The Morgan fingerprint density at radius 1 is 1.03 bits per heavy atom. The van der Waals surface area contributed by atoms with E-state index in [1.165, 1.54) is 20.2 Å². The van der Waals surface area contributed by atoms with Crippen LogP contribution in [-0.2, 0) is 4.79 Å². The summed E-state index contributed by atoms with van der Waals surface area (Å²) < 4.78 is 0. The van der Waals surface area contributed by atoms with E-state index in [1.807, 2.05) is 12.3 Å². The molecule has 1 unspecified atom stereocenters. The Labute approximate surface area is 189 Å². The number of allylic oxidation sites excluding steroid dienone is 2. The number of hydrogen-bond acceptors (Lipinski definition) is 5. The first-order valence-corrected chi connectivity index (χ1v) is 12.2. The van der Waals surface area contributed by atoms with Crippen molar-refractivity contribution in [3.05, 3.63) is 81.8 Å². The van der Waals surface area contributed by atoms with Gasteiger partial charge in [-0.2, -0.15) is 0 Å². The molecule has 0 saturated carbocycles. The summed E-state index contributed by atoms with van der Waals surface area (Å²) in [6, 6.07) is 17.0. The highest BCUT2D eigenvalue weighted by Gasteiger charge is 2.41. The molecule has 6 rings (SSSR count). The Balaban J connectivity index is 1.60. The predicted molar refractivity (Wildman–Crippen MR) is 130 cm³/mol. The van der Waals surface area contributed by atoms with Crippen molar-refractivity contribution in [3.8, 4) is 9.75 Å². The first kappa shape index (κ1) is 19.0. The summed E-state index contributed by atoms with van der Waals surface area (Å²) >= 11 is 3.56. The molecular formula is C26H22N2OS2. The normalized spacial score (nSPS) is 19.8. The number of fused-ring (bicyclic) bond motifs is 3. The van der Waals surface area contributed by atoms with Gasteiger partial charge in [-0.1, -0.05) is 26.0 Å². The van der Waals surface area contributed by atoms with E-state index < -0.39 is 0 Å². The zero-order chi connectivity index (χ0) is 21.2. The van der Waals surface area contributed by atoms with E-state index in [0.29, 0.717) is 6.42 Å². The highest BCUT2D eigenvalue weighted by molar-refractivity contribution is 7.21. The largest absolute Gasteiger partial charge is 0.358 e. The van der Waals surface area contributed by atoms with Gasteiger partial charge in [0.25, 0.3) is 0 Å². The van der Waals surface area contributed by atoms with Gasteiger partial charge in [-0.3, -0.25) is 9.78 Å². The van der Waals surface area contributed by atoms with Crippen LogP contribution in [0.15, 0.2) is 71.4 Å². The number of benzene rings is 1. The monoisotopic (exact) mass is 442 g/mol. The molecule has 0 saturated heterocycles. The van der Waals surface area contributed by atoms with E-state index in [0.717, 1.165) is 34.3 Å². The first-order chi connectivity index (χ1) is 15.0. The second-order valence-corrected chi connectivity index (χ2v) is 11.2. The molecule has 5 heteroatoms. The van der Waals surface area contributed by atoms with E-state index in [4.69, 9.17) is 0 Å². The summed E-state index contributed by atoms with van der Waals surface area (Å²) in [6.07, 6.45) is 3.31. The Hall–Kier alpha value is -2.76. The number of pyridine rings is 1. The molecule has 31 heavy (non-hydrogen) atoms. The molecule has 0 amide bonds. The third-order valence-corrected chi connectivity index (χ3v) is 8.50. The number of hydrogen-bond donors (Lipinski definition) is 1. The fourth-order valence-corrected chi connectivity index (χ4v) is 6.99. The van der Waals surface area contributed by atoms with Crippen molar-refractivity contribution in [2.24, 2.45) is 5.41 Å². The summed E-state index contributed by atoms with van der Waals surface area (Å²) in [5, 5.41) is 6.88. The molecule has 1 atom stereocenters. The molecular weight excluding hydrogens is 420 g/mol. The third-order valence-electron chi connectivity index (χ3n) is 6.28. The molecule has 0 fully saturated rings. The number of carbonyl (C=O) groups excluding carboxylic acids is 1. The van der Waals surface area contributed by atoms with E-state index in [-0.39, 0.29) is 17.1 Å². The van der Waals surface area contributed by atoms with Crippen LogP contribution < -0.4 is 5.32 Å². The molecule has 3 nitrogen and oxygen atoms in total. The van der Waals surface area contributed by atoms with E-state index >= 15 is 0 Å². The van der Waals surface area contributed by atoms with Crippen LogP contribution in [0.3, 0.4) is 0 Å². The van der Waals surface area contributed by atoms with E-state index in [1.54, 1.807) is 22.7 Å². The highest BCUT2D eigenvalue weighted by atomic mass is 32.1. The summed E-state index contributed by atoms with van der Waals surface area (Å²) in [5.41, 5.74) is 5.25. The number of carbonyl (C=O) groups is 1. The molecule has 1 N–H and O–H groups in total. The zero-order valence-electron chi connectivity index (χ0n) is 17.4. The van der Waals surface area contributed by atoms with Crippen LogP contribution in [0.5, 0.6) is 0 Å². The molecule has 0 bridgehead atoms. The topological polar surface area (TPSA) is 42.0 Å². The molecule has 4 aromatic rings. The van der Waals surface area contributed by atoms with E-state index in [2.05, 4.69) is 72.0 Å². The smallest absolute Gasteiger partial charge is 0.162 e. The second-order valence-electron chi connectivity index (χ2n) is 9.17. The minimum atomic E-state index is -0.0542. The summed E-state index contributed by atoms with van der Waals surface area (Å²) in [5.74, 6) is 0.211. The van der Waals surface area contributed by atoms with Gasteiger partial charge in [0.2, 0.25) is 0 Å². The summed E-state index contributed by atoms with van der Waals surface area (Å²) in [7, 11) is 0. The number of anilines is 1. The second kappa shape index (κ2) is 6.87. The minimum Gasteiger partial charge on any atom is -0.358 e. The molecule has 0 radical (unpaired) electrons. The van der Waals surface area contributed by atoms with Crippen molar-refractivity contribution in [2.45, 2.75) is 32.6 Å². The number of aromatic nitrogens is 1. The Bertz CT molecular complexity index is 1360. The Morgan fingerprint density at radius 2 is 1.94 bits per heavy atom. The van der Waals surface area contributed by atoms with Crippen molar-refractivity contribution in [2.75, 3.05) is 5.32 Å². The fourth-order valence-electron chi connectivity index (χ4n) is 5.03. The van der Waals surface area contributed by atoms with Crippen molar-refractivity contribution >= 4 is 45.0 Å². The van der Waals surface area contributed by atoms with Crippen molar-refractivity contribution in [1.29, 1.82) is 0 Å². The number of rotatable bonds is 2. The fraction of sp³-hybridized carbons (Fsp3) is 0.231. The van der Waals surface area contributed by atoms with Gasteiger partial charge in [0, 0.05) is 49.6 Å². The number of nitrogens with one attached hydrogen (secondary N) is 1. The molecule has 0 spiro atoms. The first-order valence-electron chi connectivity index (χ1n) is 10.5. The number of thiophene rings is 2. The van der Waals surface area contributed by atoms with Crippen LogP contribution in [0, 0.1) is 5.41 Å². The van der Waals surface area contributed by atoms with Gasteiger partial charge in [-0.15, -0.1) is 22.7 Å². The van der Waals surface area contributed by atoms with Crippen LogP contribution in [0.4, 0.5) is 5.69 Å². The van der Waals surface area contributed by atoms with Gasteiger partial charge >= 0.3 is 0 Å². The Morgan fingerprint density at radius 3 is 2.77 bits per heavy atom. The molecule has 3 aromatic heterocycles. The van der Waals surface area contributed by atoms with Crippen LogP contribution in [-0.4, -0.2) is 10.8 Å². The minimum absolute atomic E-state index is 0.0268. The maximum absolute atomic E-state index is 13.5. The number of nitrogens with zero attached hydrogens (tertiary/aromatic N) is 1. The van der Waals surface area contributed by atoms with Crippen molar-refractivity contribution < 1.29 is 4.79 Å². The molecule has 1 aromatic carbocycles. The van der Waals surface area contributed by atoms with Gasteiger partial charge in [-0.05, 0) is 59.2 Å². The van der Waals surface area contributed by atoms with Crippen molar-refractivity contribution in [3.63, 3.8) is 0 Å². The third kappa shape index (κ3) is 3.07. The molecule has 154 valence electrons. The van der Waals surface area contributed by atoms with Crippen LogP contribution in [0.2, 0.25) is 0 Å². The maximum atomic E-state index is 13.5. The average Bonchev–Trinajstić information content (AvgIpc) is 3.43. The van der Waals surface area contributed by atoms with Crippen LogP contribution >= 0.6 is 22.7 Å². The van der Waals surface area contributed by atoms with Gasteiger partial charge in [-0.25, -0.2) is 0 Å². The zero-order valence-corrected chi connectivity index (χ0v) is 19.1. The molecule has 1 aliphatic heterocycles. The van der Waals surface area contributed by atoms with Gasteiger partial charge < -0.3 is 5.32 Å². The number of Topliss-reactive ketones (excluding diaryl/α,β-unsaturated/α-hetero) is 1. The molecule has 1 aliphatic carbocycles. The lowest BCUT2D eigenvalue weighted by Crippen LogP contribution is -2.33. The number of ketones is 1. The van der Waals surface area contributed by atoms with Crippen LogP contribution in [0.25, 0.3) is 20.7 Å². The lowest BCUT2D eigenvalue weighted by Gasteiger charge is -2.39. The van der Waals surface area contributed by atoms with Gasteiger partial charge in [0.1, 0.15) is 0 Å². The maximum Gasteiger partial charge on any atom is 0.162 e. The SMILES string of the molecule is CC1(C)CC(=O)C2=C(C1)Nc1ccc3ncccc3c1C2c1ccc(-c2cccs2)s1. The predicted octanol–water partition coefficient (Wildman–Crippen LogP) is 7.23. The van der Waals surface area contributed by atoms with Crippen molar-refractivity contribution in [1.82, 2.24) is 4.98 Å². The standard InChI is InChI=1S/C26H22N2OS2/c1-26(2)13-18-24(19(29)14-26)25(22-10-9-21(31-22)20-6-4-12-30-20)23-15-5-3-11-27-16(15)7-8-17(23)28-18/h3-12,25,28H,13-14H2,1-2H3. The van der Waals surface area contributed by atoms with Crippen LogP contribution in [0.1, 0.15) is 43.0 Å². The van der Waals surface area contributed by atoms with E-state index in [9.17, 15) is 4.79 Å². The summed E-state index contributed by atoms with van der Waals surface area (Å²) in [6.45, 7) is 4.37. The Kier molecular flexibility index (Phi) is 4.20. The molecule has 4 heterocycles. The summed E-state index contributed by atoms with van der Waals surface area (Å²) in [4.78, 5) is 21.8. The molecule has 2 aliphatic rings. The van der Waals surface area contributed by atoms with Gasteiger partial charge in [0.15, 0.2) is 5.78 Å². The average molecular weight is 443 g/mol. The lowest BCUT2D eigenvalue weighted by molar-refractivity contribution is -0.118.